The Labute approximate surface area is 280 Å². The van der Waals surface area contributed by atoms with Crippen molar-refractivity contribution in [3.8, 4) is 17.4 Å². The van der Waals surface area contributed by atoms with Gasteiger partial charge >= 0.3 is 0 Å². The van der Waals surface area contributed by atoms with Crippen LogP contribution in [0.2, 0.25) is 10.0 Å². The maximum atomic E-state index is 13.2. The second-order valence-electron chi connectivity index (χ2n) is 10.8. The van der Waals surface area contributed by atoms with Crippen molar-refractivity contribution in [1.82, 2.24) is 14.8 Å². The lowest BCUT2D eigenvalue weighted by atomic mass is 10.1. The molecule has 9 heteroatoms. The Morgan fingerprint density at radius 1 is 0.932 bits per heavy atom. The summed E-state index contributed by atoms with van der Waals surface area (Å²) in [6, 6.07) is 23.5. The Bertz CT molecular complexity index is 1580. The van der Waals surface area contributed by atoms with Crippen LogP contribution in [-0.4, -0.2) is 46.9 Å². The van der Waals surface area contributed by atoms with Crippen LogP contribution < -0.4 is 9.47 Å². The number of piperazine rings is 1. The molecule has 1 aromatic heterocycles. The molecular formula is C35H36BrCl2N3O3. The summed E-state index contributed by atoms with van der Waals surface area (Å²) in [7, 11) is 0. The summed E-state index contributed by atoms with van der Waals surface area (Å²) in [5, 5.41) is 1.10. The fraction of sp³-hybridized carbons (Fsp3) is 0.257. The third-order valence-corrected chi connectivity index (χ3v) is 8.08. The largest absolute Gasteiger partial charge is 0.487 e. The molecule has 44 heavy (non-hydrogen) atoms. The zero-order valence-electron chi connectivity index (χ0n) is 25.1. The first-order chi connectivity index (χ1) is 20.7. The van der Waals surface area contributed by atoms with Crippen LogP contribution in [0, 0.1) is 13.8 Å². The molecule has 1 saturated heterocycles. The second-order valence-corrected chi connectivity index (χ2v) is 11.7. The van der Waals surface area contributed by atoms with E-state index < -0.39 is 0 Å². The number of carbonyl (C=O) groups excluding carboxylic acids is 1. The number of pyridine rings is 1. The number of nitrogens with zero attached hydrogens (tertiary/aromatic N) is 3. The smallest absolute Gasteiger partial charge is 0.249 e. The van der Waals surface area contributed by atoms with Crippen LogP contribution in [0.25, 0.3) is 6.08 Å². The van der Waals surface area contributed by atoms with E-state index in [1.807, 2.05) is 55.2 Å². The molecular weight excluding hydrogens is 661 g/mol. The Morgan fingerprint density at radius 2 is 1.66 bits per heavy atom. The number of carbonyl (C=O) groups is 1. The van der Waals surface area contributed by atoms with E-state index in [4.69, 9.17) is 32.7 Å². The van der Waals surface area contributed by atoms with Gasteiger partial charge in [-0.05, 0) is 67.8 Å². The van der Waals surface area contributed by atoms with Gasteiger partial charge in [0, 0.05) is 54.9 Å². The lowest BCUT2D eigenvalue weighted by Crippen LogP contribution is -2.48. The van der Waals surface area contributed by atoms with Gasteiger partial charge in [-0.1, -0.05) is 71.2 Å². The van der Waals surface area contributed by atoms with Gasteiger partial charge in [0.05, 0.1) is 11.2 Å². The number of aryl methyl sites for hydroxylation is 2. The third kappa shape index (κ3) is 8.85. The molecule has 230 valence electrons. The highest BCUT2D eigenvalue weighted by Crippen LogP contribution is 2.34. The highest BCUT2D eigenvalue weighted by Gasteiger charge is 2.22. The van der Waals surface area contributed by atoms with Crippen LogP contribution in [0.5, 0.6) is 17.4 Å². The first kappa shape index (κ1) is 33.5. The molecule has 1 fully saturated rings. The van der Waals surface area contributed by atoms with Gasteiger partial charge in [0.2, 0.25) is 11.8 Å². The molecule has 0 aliphatic carbocycles. The van der Waals surface area contributed by atoms with Crippen molar-refractivity contribution < 1.29 is 14.3 Å². The maximum absolute atomic E-state index is 13.2. The highest BCUT2D eigenvalue weighted by atomic mass is 79.9. The van der Waals surface area contributed by atoms with Crippen LogP contribution in [0.15, 0.2) is 84.6 Å². The van der Waals surface area contributed by atoms with Crippen LogP contribution in [0.3, 0.4) is 0 Å². The number of hydrogen-bond donors (Lipinski definition) is 0. The molecule has 0 N–H and O–H groups in total. The van der Waals surface area contributed by atoms with Gasteiger partial charge in [-0.3, -0.25) is 9.69 Å². The number of benzene rings is 3. The summed E-state index contributed by atoms with van der Waals surface area (Å²) in [6.45, 7) is 10.2. The predicted octanol–water partition coefficient (Wildman–Crippen LogP) is 8.70. The zero-order valence-corrected chi connectivity index (χ0v) is 28.3. The molecule has 2 heterocycles. The minimum absolute atomic E-state index is 0. The van der Waals surface area contributed by atoms with Gasteiger partial charge < -0.3 is 14.4 Å². The first-order valence-electron chi connectivity index (χ1n) is 14.3. The number of aromatic nitrogens is 1. The molecule has 0 saturated carbocycles. The van der Waals surface area contributed by atoms with Gasteiger partial charge in [-0.2, -0.15) is 0 Å². The lowest BCUT2D eigenvalue weighted by molar-refractivity contribution is -0.128. The quantitative estimate of drug-likeness (QED) is 0.164. The van der Waals surface area contributed by atoms with E-state index in [0.29, 0.717) is 52.7 Å². The summed E-state index contributed by atoms with van der Waals surface area (Å²) in [4.78, 5) is 21.9. The van der Waals surface area contributed by atoms with Crippen molar-refractivity contribution in [3.05, 3.63) is 122 Å². The summed E-state index contributed by atoms with van der Waals surface area (Å²) < 4.78 is 11.8. The van der Waals surface area contributed by atoms with Crippen LogP contribution in [-0.2, 0) is 17.9 Å². The monoisotopic (exact) mass is 695 g/mol. The standard InChI is InChI=1S/C35H35Cl2N3O3.BrH/c1-24-8-10-27(11-9-24)22-39-14-16-40(17-15-39)35(41)26(3)19-28-18-25(2)34(32(37)20-28)43-33-13-12-30(21-38-33)42-23-29-6-4-5-7-31(29)36;/h4-13,18-21H,14-17,22-23H2,1-3H3;1H. The Balaban J connectivity index is 0.00000442. The Morgan fingerprint density at radius 3 is 2.32 bits per heavy atom. The van der Waals surface area contributed by atoms with Crippen molar-refractivity contribution in [3.63, 3.8) is 0 Å². The predicted molar refractivity (Wildman–Crippen MR) is 183 cm³/mol. The third-order valence-electron chi connectivity index (χ3n) is 7.43. The molecule has 1 aliphatic heterocycles. The van der Waals surface area contributed by atoms with Gasteiger partial charge in [-0.25, -0.2) is 4.98 Å². The lowest BCUT2D eigenvalue weighted by Gasteiger charge is -2.35. The van der Waals surface area contributed by atoms with E-state index in [0.717, 1.165) is 36.3 Å². The molecule has 0 unspecified atom stereocenters. The number of hydrogen-bond acceptors (Lipinski definition) is 5. The fourth-order valence-corrected chi connectivity index (χ4v) is 5.49. The normalized spacial score (nSPS) is 13.8. The molecule has 4 aromatic rings. The van der Waals surface area contributed by atoms with Crippen molar-refractivity contribution in [2.45, 2.75) is 33.9 Å². The average Bonchev–Trinajstić information content (AvgIpc) is 3.00. The van der Waals surface area contributed by atoms with Gasteiger partial charge in [-0.15, -0.1) is 17.0 Å². The molecule has 0 atom stereocenters. The van der Waals surface area contributed by atoms with E-state index in [2.05, 4.69) is 41.1 Å². The molecule has 1 amide bonds. The average molecular weight is 698 g/mol. The Kier molecular flexibility index (Phi) is 11.9. The van der Waals surface area contributed by atoms with Crippen molar-refractivity contribution >= 4 is 52.2 Å². The van der Waals surface area contributed by atoms with Gasteiger partial charge in [0.1, 0.15) is 12.4 Å². The maximum Gasteiger partial charge on any atom is 0.249 e. The molecule has 5 rings (SSSR count). The zero-order chi connectivity index (χ0) is 30.3. The van der Waals surface area contributed by atoms with Crippen molar-refractivity contribution in [1.29, 1.82) is 0 Å². The summed E-state index contributed by atoms with van der Waals surface area (Å²) >= 11 is 12.8. The molecule has 0 bridgehead atoms. The van der Waals surface area contributed by atoms with Crippen LogP contribution in [0.4, 0.5) is 0 Å². The van der Waals surface area contributed by atoms with Crippen LogP contribution >= 0.6 is 40.2 Å². The highest BCUT2D eigenvalue weighted by molar-refractivity contribution is 8.93. The minimum atomic E-state index is 0. The fourth-order valence-electron chi connectivity index (χ4n) is 4.99. The number of halogens is 3. The van der Waals surface area contributed by atoms with E-state index in [1.165, 1.54) is 11.1 Å². The second kappa shape index (κ2) is 15.6. The number of amides is 1. The summed E-state index contributed by atoms with van der Waals surface area (Å²) in [5.41, 5.74) is 5.81. The van der Waals surface area contributed by atoms with E-state index in [1.54, 1.807) is 24.4 Å². The topological polar surface area (TPSA) is 54.9 Å². The molecule has 1 aliphatic rings. The van der Waals surface area contributed by atoms with Crippen molar-refractivity contribution in [2.24, 2.45) is 0 Å². The van der Waals surface area contributed by atoms with E-state index in [-0.39, 0.29) is 22.9 Å². The van der Waals surface area contributed by atoms with Gasteiger partial charge in [0.25, 0.3) is 0 Å². The minimum Gasteiger partial charge on any atom is -0.487 e. The molecule has 0 radical (unpaired) electrons. The van der Waals surface area contributed by atoms with E-state index >= 15 is 0 Å². The van der Waals surface area contributed by atoms with Crippen LogP contribution in [0.1, 0.15) is 34.7 Å². The SMILES string of the molecule is Br.CC(=Cc1cc(C)c(Oc2ccc(OCc3ccccc3Cl)cn2)c(Cl)c1)C(=O)N1CCN(Cc2ccc(C)cc2)CC1. The molecule has 6 nitrogen and oxygen atoms in total. The summed E-state index contributed by atoms with van der Waals surface area (Å²) in [5.74, 6) is 1.56. The van der Waals surface area contributed by atoms with E-state index in [9.17, 15) is 4.79 Å². The number of rotatable bonds is 9. The Hall–Kier alpha value is -3.36. The van der Waals surface area contributed by atoms with Crippen molar-refractivity contribution in [2.75, 3.05) is 26.2 Å². The number of ether oxygens (including phenoxy) is 2. The first-order valence-corrected chi connectivity index (χ1v) is 15.1. The molecule has 3 aromatic carbocycles. The van der Waals surface area contributed by atoms with Gasteiger partial charge in [0.15, 0.2) is 5.75 Å². The molecule has 0 spiro atoms. The summed E-state index contributed by atoms with van der Waals surface area (Å²) in [6.07, 6.45) is 3.48.